The number of aliphatic carboxylic acids is 1. The number of halogens is 1. The number of rotatable bonds is 7. The highest BCUT2D eigenvalue weighted by molar-refractivity contribution is 5.94. The van der Waals surface area contributed by atoms with Crippen LogP contribution in [0.15, 0.2) is 18.3 Å². The zero-order valence-electron chi connectivity index (χ0n) is 10.4. The minimum Gasteiger partial charge on any atom is -0.481 e. The summed E-state index contributed by atoms with van der Waals surface area (Å²) in [5.74, 6) is -2.27. The SMILES string of the molecule is CCOC(CNC(=O)c1ccnc(F)c1)CC(=O)O. The van der Waals surface area contributed by atoms with E-state index in [1.54, 1.807) is 6.92 Å². The Kier molecular flexibility index (Phi) is 5.87. The molecule has 0 aliphatic heterocycles. The first kappa shape index (κ1) is 15.0. The van der Waals surface area contributed by atoms with Gasteiger partial charge in [-0.3, -0.25) is 9.59 Å². The van der Waals surface area contributed by atoms with E-state index in [2.05, 4.69) is 10.3 Å². The first-order valence-electron chi connectivity index (χ1n) is 5.76. The molecule has 0 bridgehead atoms. The maximum absolute atomic E-state index is 12.8. The van der Waals surface area contributed by atoms with Crippen molar-refractivity contribution in [3.05, 3.63) is 29.8 Å². The Labute approximate surface area is 109 Å². The van der Waals surface area contributed by atoms with E-state index in [0.717, 1.165) is 6.07 Å². The van der Waals surface area contributed by atoms with Gasteiger partial charge in [0, 0.05) is 31.0 Å². The molecule has 1 unspecified atom stereocenters. The van der Waals surface area contributed by atoms with Crippen LogP contribution in [-0.4, -0.2) is 41.2 Å². The lowest BCUT2D eigenvalue weighted by Crippen LogP contribution is -2.35. The summed E-state index contributed by atoms with van der Waals surface area (Å²) in [5, 5.41) is 11.2. The Morgan fingerprint density at radius 2 is 2.32 bits per heavy atom. The number of carbonyl (C=O) groups excluding carboxylic acids is 1. The van der Waals surface area contributed by atoms with Gasteiger partial charge in [-0.05, 0) is 13.0 Å². The lowest BCUT2D eigenvalue weighted by atomic mass is 10.2. The van der Waals surface area contributed by atoms with E-state index in [4.69, 9.17) is 9.84 Å². The fourth-order valence-electron chi connectivity index (χ4n) is 1.47. The van der Waals surface area contributed by atoms with E-state index >= 15 is 0 Å². The second kappa shape index (κ2) is 7.42. The molecule has 7 heteroatoms. The number of nitrogens with zero attached hydrogens (tertiary/aromatic N) is 1. The number of carboxylic acids is 1. The second-order valence-electron chi connectivity index (χ2n) is 3.75. The van der Waals surface area contributed by atoms with Crippen LogP contribution in [-0.2, 0) is 9.53 Å². The molecule has 0 saturated carbocycles. The van der Waals surface area contributed by atoms with Crippen LogP contribution >= 0.6 is 0 Å². The van der Waals surface area contributed by atoms with Crippen molar-refractivity contribution in [2.45, 2.75) is 19.4 Å². The molecule has 1 heterocycles. The highest BCUT2D eigenvalue weighted by Gasteiger charge is 2.15. The third-order valence-corrected chi connectivity index (χ3v) is 2.28. The van der Waals surface area contributed by atoms with Crippen molar-refractivity contribution < 1.29 is 23.8 Å². The maximum Gasteiger partial charge on any atom is 0.306 e. The van der Waals surface area contributed by atoms with Crippen molar-refractivity contribution in [2.24, 2.45) is 0 Å². The molecule has 1 amide bonds. The standard InChI is InChI=1S/C12H15FN2O4/c1-2-19-9(6-11(16)17)7-15-12(18)8-3-4-14-10(13)5-8/h3-5,9H,2,6-7H2,1H3,(H,15,18)(H,16,17). The van der Waals surface area contributed by atoms with E-state index in [1.807, 2.05) is 0 Å². The molecule has 0 fully saturated rings. The molecule has 2 N–H and O–H groups in total. The predicted molar refractivity (Wildman–Crippen MR) is 64.2 cm³/mol. The van der Waals surface area contributed by atoms with Gasteiger partial charge < -0.3 is 15.2 Å². The number of ether oxygens (including phenoxy) is 1. The normalized spacial score (nSPS) is 11.9. The molecule has 0 aliphatic carbocycles. The van der Waals surface area contributed by atoms with Gasteiger partial charge in [-0.15, -0.1) is 0 Å². The molecular formula is C12H15FN2O4. The molecule has 1 atom stereocenters. The van der Waals surface area contributed by atoms with Crippen LogP contribution in [0.2, 0.25) is 0 Å². The number of pyridine rings is 1. The van der Waals surface area contributed by atoms with Crippen molar-refractivity contribution in [3.63, 3.8) is 0 Å². The van der Waals surface area contributed by atoms with Gasteiger partial charge in [0.15, 0.2) is 0 Å². The van der Waals surface area contributed by atoms with Crippen LogP contribution in [0.4, 0.5) is 4.39 Å². The summed E-state index contributed by atoms with van der Waals surface area (Å²) < 4.78 is 18.0. The Morgan fingerprint density at radius 1 is 1.58 bits per heavy atom. The van der Waals surface area contributed by atoms with Crippen LogP contribution < -0.4 is 5.32 Å². The largest absolute Gasteiger partial charge is 0.481 e. The molecule has 0 radical (unpaired) electrons. The summed E-state index contributed by atoms with van der Waals surface area (Å²) in [4.78, 5) is 25.6. The zero-order chi connectivity index (χ0) is 14.3. The molecular weight excluding hydrogens is 255 g/mol. The quantitative estimate of drug-likeness (QED) is 0.716. The van der Waals surface area contributed by atoms with Crippen molar-refractivity contribution in [1.82, 2.24) is 10.3 Å². The molecule has 6 nitrogen and oxygen atoms in total. The third kappa shape index (κ3) is 5.43. The van der Waals surface area contributed by atoms with Gasteiger partial charge in [-0.1, -0.05) is 0 Å². The number of nitrogens with one attached hydrogen (secondary N) is 1. The van der Waals surface area contributed by atoms with Crippen LogP contribution in [0, 0.1) is 5.95 Å². The zero-order valence-corrected chi connectivity index (χ0v) is 10.4. The minimum absolute atomic E-state index is 0.0446. The van der Waals surface area contributed by atoms with Crippen LogP contribution in [0.5, 0.6) is 0 Å². The predicted octanol–water partition coefficient (Wildman–Crippen LogP) is 0.830. The smallest absolute Gasteiger partial charge is 0.306 e. The fourth-order valence-corrected chi connectivity index (χ4v) is 1.47. The van der Waals surface area contributed by atoms with Gasteiger partial charge in [0.2, 0.25) is 5.95 Å². The molecule has 0 aromatic carbocycles. The van der Waals surface area contributed by atoms with E-state index in [-0.39, 0.29) is 18.5 Å². The van der Waals surface area contributed by atoms with Crippen LogP contribution in [0.25, 0.3) is 0 Å². The summed E-state index contributed by atoms with van der Waals surface area (Å²) >= 11 is 0. The van der Waals surface area contributed by atoms with Gasteiger partial charge in [-0.25, -0.2) is 4.98 Å². The van der Waals surface area contributed by atoms with Crippen LogP contribution in [0.3, 0.4) is 0 Å². The highest BCUT2D eigenvalue weighted by atomic mass is 19.1. The Bertz CT molecular complexity index is 453. The van der Waals surface area contributed by atoms with E-state index in [9.17, 15) is 14.0 Å². The number of hydrogen-bond acceptors (Lipinski definition) is 4. The highest BCUT2D eigenvalue weighted by Crippen LogP contribution is 2.02. The molecule has 0 spiro atoms. The summed E-state index contributed by atoms with van der Waals surface area (Å²) in [6, 6.07) is 2.37. The lowest BCUT2D eigenvalue weighted by Gasteiger charge is -2.15. The maximum atomic E-state index is 12.8. The average Bonchev–Trinajstić information content (AvgIpc) is 2.35. The topological polar surface area (TPSA) is 88.5 Å². The number of hydrogen-bond donors (Lipinski definition) is 2. The molecule has 1 aromatic heterocycles. The number of carbonyl (C=O) groups is 2. The van der Waals surface area contributed by atoms with Gasteiger partial charge >= 0.3 is 5.97 Å². The fraction of sp³-hybridized carbons (Fsp3) is 0.417. The number of carboxylic acid groups (broad SMARTS) is 1. The molecule has 19 heavy (non-hydrogen) atoms. The monoisotopic (exact) mass is 270 g/mol. The summed E-state index contributed by atoms with van der Waals surface area (Å²) in [6.07, 6.45) is 0.360. The molecule has 104 valence electrons. The summed E-state index contributed by atoms with van der Waals surface area (Å²) in [5.41, 5.74) is 0.123. The van der Waals surface area contributed by atoms with E-state index < -0.39 is 23.9 Å². The van der Waals surface area contributed by atoms with Crippen LogP contribution in [0.1, 0.15) is 23.7 Å². The van der Waals surface area contributed by atoms with Gasteiger partial charge in [0.05, 0.1) is 12.5 Å². The average molecular weight is 270 g/mol. The van der Waals surface area contributed by atoms with Crippen molar-refractivity contribution in [3.8, 4) is 0 Å². The minimum atomic E-state index is -1.01. The molecule has 0 aliphatic rings. The van der Waals surface area contributed by atoms with Crippen molar-refractivity contribution in [2.75, 3.05) is 13.2 Å². The Morgan fingerprint density at radius 3 is 2.89 bits per heavy atom. The Balaban J connectivity index is 2.53. The van der Waals surface area contributed by atoms with Crippen molar-refractivity contribution in [1.29, 1.82) is 0 Å². The summed E-state index contributed by atoms with van der Waals surface area (Å²) in [7, 11) is 0. The van der Waals surface area contributed by atoms with Crippen molar-refractivity contribution >= 4 is 11.9 Å². The second-order valence-corrected chi connectivity index (χ2v) is 3.75. The third-order valence-electron chi connectivity index (χ3n) is 2.28. The molecule has 0 saturated heterocycles. The van der Waals surface area contributed by atoms with Gasteiger partial charge in [0.25, 0.3) is 5.91 Å². The van der Waals surface area contributed by atoms with Gasteiger partial charge in [-0.2, -0.15) is 4.39 Å². The number of amides is 1. The first-order valence-corrected chi connectivity index (χ1v) is 5.76. The lowest BCUT2D eigenvalue weighted by molar-refractivity contribution is -0.140. The van der Waals surface area contributed by atoms with E-state index in [1.165, 1.54) is 12.3 Å². The van der Waals surface area contributed by atoms with Gasteiger partial charge in [0.1, 0.15) is 0 Å². The Hall–Kier alpha value is -2.02. The molecule has 1 aromatic rings. The first-order chi connectivity index (χ1) is 9.02. The summed E-state index contributed by atoms with van der Waals surface area (Å²) in [6.45, 7) is 2.12. The van der Waals surface area contributed by atoms with E-state index in [0.29, 0.717) is 6.61 Å². The number of aromatic nitrogens is 1. The molecule has 1 rings (SSSR count).